The first-order valence-corrected chi connectivity index (χ1v) is 5.91. The highest BCUT2D eigenvalue weighted by Gasteiger charge is 2.23. The van der Waals surface area contributed by atoms with Crippen LogP contribution in [0.3, 0.4) is 0 Å². The van der Waals surface area contributed by atoms with E-state index < -0.39 is 0 Å². The van der Waals surface area contributed by atoms with Crippen molar-refractivity contribution in [3.8, 4) is 0 Å². The molecule has 1 atom stereocenters. The molecule has 0 aliphatic heterocycles. The number of ketones is 1. The van der Waals surface area contributed by atoms with E-state index in [1.54, 1.807) is 0 Å². The minimum Gasteiger partial charge on any atom is -0.300 e. The molecule has 0 heterocycles. The third-order valence-corrected chi connectivity index (χ3v) is 2.81. The summed E-state index contributed by atoms with van der Waals surface area (Å²) in [4.78, 5) is 13.2. The summed E-state index contributed by atoms with van der Waals surface area (Å²) < 4.78 is 0. The van der Waals surface area contributed by atoms with Gasteiger partial charge in [-0.1, -0.05) is 42.8 Å². The van der Waals surface area contributed by atoms with E-state index in [0.717, 1.165) is 19.3 Å². The van der Waals surface area contributed by atoms with Crippen molar-refractivity contribution in [3.05, 3.63) is 36.4 Å². The first kappa shape index (κ1) is 12.9. The van der Waals surface area contributed by atoms with E-state index in [1.807, 2.05) is 55.4 Å². The molecule has 1 saturated carbocycles. The summed E-state index contributed by atoms with van der Waals surface area (Å²) in [6, 6.07) is 12.2. The zero-order chi connectivity index (χ0) is 11.8. The summed E-state index contributed by atoms with van der Waals surface area (Å²) in [5.41, 5.74) is 0. The second kappa shape index (κ2) is 7.18. The SMILES string of the molecule is CN(C)C1CCCCC1=O.c1ccccc1. The number of rotatable bonds is 1. The molecule has 1 aromatic rings. The molecule has 16 heavy (non-hydrogen) atoms. The van der Waals surface area contributed by atoms with Gasteiger partial charge in [-0.3, -0.25) is 9.69 Å². The van der Waals surface area contributed by atoms with Gasteiger partial charge >= 0.3 is 0 Å². The number of benzene rings is 1. The van der Waals surface area contributed by atoms with Gasteiger partial charge in [0.25, 0.3) is 0 Å². The van der Waals surface area contributed by atoms with Crippen molar-refractivity contribution in [1.29, 1.82) is 0 Å². The van der Waals surface area contributed by atoms with Crippen LogP contribution in [0.4, 0.5) is 0 Å². The average molecular weight is 219 g/mol. The van der Waals surface area contributed by atoms with E-state index >= 15 is 0 Å². The largest absolute Gasteiger partial charge is 0.300 e. The number of Topliss-reactive ketones (excluding diaryl/α,β-unsaturated/α-hetero) is 1. The first-order valence-electron chi connectivity index (χ1n) is 5.91. The number of hydrogen-bond acceptors (Lipinski definition) is 2. The molecule has 0 bridgehead atoms. The van der Waals surface area contributed by atoms with Crippen molar-refractivity contribution in [2.75, 3.05) is 14.1 Å². The molecule has 0 N–H and O–H groups in total. The normalized spacial score (nSPS) is 20.2. The van der Waals surface area contributed by atoms with Crippen LogP contribution in [0.1, 0.15) is 25.7 Å². The van der Waals surface area contributed by atoms with Crippen LogP contribution in [0, 0.1) is 0 Å². The van der Waals surface area contributed by atoms with Gasteiger partial charge in [-0.05, 0) is 26.9 Å². The maximum atomic E-state index is 11.2. The number of carbonyl (C=O) groups is 1. The van der Waals surface area contributed by atoms with E-state index in [9.17, 15) is 4.79 Å². The van der Waals surface area contributed by atoms with Gasteiger partial charge in [-0.15, -0.1) is 0 Å². The molecule has 88 valence electrons. The van der Waals surface area contributed by atoms with Crippen molar-refractivity contribution < 1.29 is 4.79 Å². The summed E-state index contributed by atoms with van der Waals surface area (Å²) in [5, 5.41) is 0. The Bertz CT molecular complexity index is 268. The van der Waals surface area contributed by atoms with Crippen molar-refractivity contribution >= 4 is 5.78 Å². The summed E-state index contributed by atoms with van der Waals surface area (Å²) in [6.45, 7) is 0. The molecular formula is C14H21NO. The lowest BCUT2D eigenvalue weighted by Crippen LogP contribution is -2.37. The van der Waals surface area contributed by atoms with Crippen LogP contribution < -0.4 is 0 Å². The summed E-state index contributed by atoms with van der Waals surface area (Å²) in [6.07, 6.45) is 4.17. The van der Waals surface area contributed by atoms with Crippen LogP contribution in [0.15, 0.2) is 36.4 Å². The Morgan fingerprint density at radius 3 is 1.81 bits per heavy atom. The predicted molar refractivity (Wildman–Crippen MR) is 67.4 cm³/mol. The van der Waals surface area contributed by atoms with E-state index in [-0.39, 0.29) is 6.04 Å². The van der Waals surface area contributed by atoms with Gasteiger partial charge in [0.15, 0.2) is 0 Å². The lowest BCUT2D eigenvalue weighted by atomic mass is 9.93. The number of carbonyl (C=O) groups excluding carboxylic acids is 1. The van der Waals surface area contributed by atoms with Gasteiger partial charge in [0, 0.05) is 6.42 Å². The molecule has 1 aliphatic carbocycles. The van der Waals surface area contributed by atoms with Gasteiger partial charge in [0.05, 0.1) is 6.04 Å². The molecule has 1 fully saturated rings. The molecule has 0 amide bonds. The fourth-order valence-electron chi connectivity index (χ4n) is 1.90. The highest BCUT2D eigenvalue weighted by Crippen LogP contribution is 2.17. The summed E-state index contributed by atoms with van der Waals surface area (Å²) in [5.74, 6) is 0.427. The van der Waals surface area contributed by atoms with E-state index in [0.29, 0.717) is 5.78 Å². The van der Waals surface area contributed by atoms with Crippen LogP contribution in [-0.4, -0.2) is 30.8 Å². The highest BCUT2D eigenvalue weighted by molar-refractivity contribution is 5.84. The van der Waals surface area contributed by atoms with Gasteiger partial charge < -0.3 is 0 Å². The van der Waals surface area contributed by atoms with Crippen LogP contribution in [0.25, 0.3) is 0 Å². The van der Waals surface area contributed by atoms with Gasteiger partial charge in [0.2, 0.25) is 0 Å². The number of hydrogen-bond donors (Lipinski definition) is 0. The molecule has 2 rings (SSSR count). The number of nitrogens with zero attached hydrogens (tertiary/aromatic N) is 1. The Labute approximate surface area is 98.3 Å². The van der Waals surface area contributed by atoms with Gasteiger partial charge in [-0.25, -0.2) is 0 Å². The van der Waals surface area contributed by atoms with E-state index in [2.05, 4.69) is 0 Å². The van der Waals surface area contributed by atoms with Crippen LogP contribution in [0.2, 0.25) is 0 Å². The second-order valence-corrected chi connectivity index (χ2v) is 4.35. The molecule has 0 spiro atoms. The monoisotopic (exact) mass is 219 g/mol. The lowest BCUT2D eigenvalue weighted by molar-refractivity contribution is -0.125. The standard InChI is InChI=1S/C8H15NO.C6H6/c1-9(2)7-5-3-4-6-8(7)10;1-2-4-6-5-3-1/h7H,3-6H2,1-2H3;1-6H. The Morgan fingerprint density at radius 2 is 1.50 bits per heavy atom. The Balaban J connectivity index is 0.000000181. The second-order valence-electron chi connectivity index (χ2n) is 4.35. The zero-order valence-corrected chi connectivity index (χ0v) is 10.2. The van der Waals surface area contributed by atoms with Gasteiger partial charge in [-0.2, -0.15) is 0 Å². The van der Waals surface area contributed by atoms with Crippen molar-refractivity contribution in [1.82, 2.24) is 4.90 Å². The molecule has 2 heteroatoms. The average Bonchev–Trinajstić information content (AvgIpc) is 2.32. The lowest BCUT2D eigenvalue weighted by Gasteiger charge is -2.26. The van der Waals surface area contributed by atoms with Crippen molar-refractivity contribution in [2.45, 2.75) is 31.7 Å². The molecular weight excluding hydrogens is 198 g/mol. The maximum absolute atomic E-state index is 11.2. The maximum Gasteiger partial charge on any atom is 0.149 e. The Morgan fingerprint density at radius 1 is 1.00 bits per heavy atom. The third kappa shape index (κ3) is 4.58. The zero-order valence-electron chi connectivity index (χ0n) is 10.2. The fraction of sp³-hybridized carbons (Fsp3) is 0.500. The Kier molecular flexibility index (Phi) is 5.79. The molecule has 1 unspecified atom stereocenters. The number of likely N-dealkylation sites (N-methyl/N-ethyl adjacent to an activating group) is 1. The highest BCUT2D eigenvalue weighted by atomic mass is 16.1. The molecule has 1 aromatic carbocycles. The minimum atomic E-state index is 0.216. The third-order valence-electron chi connectivity index (χ3n) is 2.81. The minimum absolute atomic E-state index is 0.216. The Hall–Kier alpha value is -1.15. The molecule has 2 nitrogen and oxygen atoms in total. The quantitative estimate of drug-likeness (QED) is 0.724. The van der Waals surface area contributed by atoms with Crippen molar-refractivity contribution in [3.63, 3.8) is 0 Å². The van der Waals surface area contributed by atoms with Gasteiger partial charge in [0.1, 0.15) is 5.78 Å². The molecule has 1 aliphatic rings. The smallest absolute Gasteiger partial charge is 0.149 e. The van der Waals surface area contributed by atoms with Crippen LogP contribution >= 0.6 is 0 Å². The van der Waals surface area contributed by atoms with Crippen molar-refractivity contribution in [2.24, 2.45) is 0 Å². The van der Waals surface area contributed by atoms with E-state index in [1.165, 1.54) is 6.42 Å². The summed E-state index contributed by atoms with van der Waals surface area (Å²) in [7, 11) is 3.96. The fourth-order valence-corrected chi connectivity index (χ4v) is 1.90. The topological polar surface area (TPSA) is 20.3 Å². The summed E-state index contributed by atoms with van der Waals surface area (Å²) >= 11 is 0. The first-order chi connectivity index (χ1) is 7.72. The molecule has 0 saturated heterocycles. The van der Waals surface area contributed by atoms with E-state index in [4.69, 9.17) is 0 Å². The van der Waals surface area contributed by atoms with Crippen LogP contribution in [0.5, 0.6) is 0 Å². The molecule has 0 radical (unpaired) electrons. The van der Waals surface area contributed by atoms with Crippen LogP contribution in [-0.2, 0) is 4.79 Å². The predicted octanol–water partition coefficient (Wildman–Crippen LogP) is 2.75. The molecule has 0 aromatic heterocycles.